The fourth-order valence-electron chi connectivity index (χ4n) is 2.12. The zero-order valence-electron chi connectivity index (χ0n) is 12.1. The SMILES string of the molecule is C#CSc1cc(OC)c(CCNCC2CC2)cc1OC. The van der Waals surface area contributed by atoms with Crippen LogP contribution in [-0.4, -0.2) is 27.3 Å². The third-order valence-electron chi connectivity index (χ3n) is 3.44. The van der Waals surface area contributed by atoms with Gasteiger partial charge in [0.1, 0.15) is 11.5 Å². The van der Waals surface area contributed by atoms with E-state index < -0.39 is 0 Å². The minimum absolute atomic E-state index is 0.811. The molecule has 2 rings (SSSR count). The van der Waals surface area contributed by atoms with Gasteiger partial charge in [0.05, 0.1) is 19.1 Å². The molecule has 1 fully saturated rings. The minimum atomic E-state index is 0.811. The lowest BCUT2D eigenvalue weighted by molar-refractivity contribution is 0.390. The van der Waals surface area contributed by atoms with Gasteiger partial charge in [0.15, 0.2) is 0 Å². The summed E-state index contributed by atoms with van der Waals surface area (Å²) in [6.45, 7) is 2.09. The number of rotatable bonds is 8. The number of hydrogen-bond donors (Lipinski definition) is 1. The van der Waals surface area contributed by atoms with Crippen molar-refractivity contribution in [3.8, 4) is 23.2 Å². The molecule has 1 aromatic rings. The first-order valence-electron chi connectivity index (χ1n) is 6.86. The standard InChI is InChI=1S/C16H21NO2S/c1-4-20-16-10-14(18-2)13(9-15(16)19-3)7-8-17-11-12-5-6-12/h1,9-10,12,17H,5-8,11H2,2-3H3. The Kier molecular flexibility index (Phi) is 5.63. The van der Waals surface area contributed by atoms with E-state index in [1.807, 2.05) is 12.1 Å². The lowest BCUT2D eigenvalue weighted by Gasteiger charge is -2.13. The van der Waals surface area contributed by atoms with Crippen LogP contribution >= 0.6 is 11.8 Å². The highest BCUT2D eigenvalue weighted by Gasteiger charge is 2.20. The summed E-state index contributed by atoms with van der Waals surface area (Å²) in [5.74, 6) is 2.59. The average Bonchev–Trinajstić information content (AvgIpc) is 3.28. The van der Waals surface area contributed by atoms with E-state index in [4.69, 9.17) is 15.9 Å². The van der Waals surface area contributed by atoms with Crippen LogP contribution in [0.25, 0.3) is 0 Å². The predicted molar refractivity (Wildman–Crippen MR) is 83.5 cm³/mol. The summed E-state index contributed by atoms with van der Waals surface area (Å²) in [6.07, 6.45) is 9.03. The Labute approximate surface area is 125 Å². The highest BCUT2D eigenvalue weighted by Crippen LogP contribution is 2.35. The highest BCUT2D eigenvalue weighted by molar-refractivity contribution is 8.04. The lowest BCUT2D eigenvalue weighted by Crippen LogP contribution is -2.20. The van der Waals surface area contributed by atoms with Crippen molar-refractivity contribution in [2.24, 2.45) is 5.92 Å². The van der Waals surface area contributed by atoms with Crippen molar-refractivity contribution >= 4 is 11.8 Å². The van der Waals surface area contributed by atoms with E-state index in [1.165, 1.54) is 24.6 Å². The number of ether oxygens (including phenoxy) is 2. The summed E-state index contributed by atoms with van der Waals surface area (Å²) < 4.78 is 10.9. The number of methoxy groups -OCH3 is 2. The molecule has 1 aliphatic carbocycles. The molecule has 0 aliphatic heterocycles. The van der Waals surface area contributed by atoms with Crippen LogP contribution < -0.4 is 14.8 Å². The molecule has 1 N–H and O–H groups in total. The van der Waals surface area contributed by atoms with E-state index in [9.17, 15) is 0 Å². The average molecular weight is 291 g/mol. The van der Waals surface area contributed by atoms with Crippen LogP contribution in [0.2, 0.25) is 0 Å². The molecule has 20 heavy (non-hydrogen) atoms. The zero-order valence-corrected chi connectivity index (χ0v) is 12.9. The molecular formula is C16H21NO2S. The largest absolute Gasteiger partial charge is 0.496 e. The number of benzene rings is 1. The fraction of sp³-hybridized carbons (Fsp3) is 0.500. The zero-order chi connectivity index (χ0) is 14.4. The van der Waals surface area contributed by atoms with E-state index in [2.05, 4.69) is 10.6 Å². The maximum Gasteiger partial charge on any atom is 0.133 e. The molecule has 0 heterocycles. The third kappa shape index (κ3) is 4.09. The summed E-state index contributed by atoms with van der Waals surface area (Å²) in [4.78, 5) is 0.918. The fourth-order valence-corrected chi connectivity index (χ4v) is 2.66. The van der Waals surface area contributed by atoms with Gasteiger partial charge in [-0.05, 0) is 73.0 Å². The first-order chi connectivity index (χ1) is 9.78. The number of terminal acetylenes is 1. The van der Waals surface area contributed by atoms with Crippen molar-refractivity contribution in [1.82, 2.24) is 5.32 Å². The molecule has 108 valence electrons. The van der Waals surface area contributed by atoms with Gasteiger partial charge in [-0.25, -0.2) is 0 Å². The number of thioether (sulfide) groups is 1. The quantitative estimate of drug-likeness (QED) is 0.453. The van der Waals surface area contributed by atoms with Gasteiger partial charge in [-0.15, -0.1) is 6.42 Å². The van der Waals surface area contributed by atoms with Gasteiger partial charge in [-0.2, -0.15) is 0 Å². The Morgan fingerprint density at radius 3 is 2.65 bits per heavy atom. The summed E-state index contributed by atoms with van der Waals surface area (Å²) in [5.41, 5.74) is 1.15. The molecule has 0 amide bonds. The predicted octanol–water partition coefficient (Wildman–Crippen LogP) is 2.93. The summed E-state index contributed by atoms with van der Waals surface area (Å²) in [7, 11) is 3.35. The Hall–Kier alpha value is -1.31. The second-order valence-electron chi connectivity index (χ2n) is 4.93. The first-order valence-corrected chi connectivity index (χ1v) is 7.68. The maximum atomic E-state index is 5.46. The van der Waals surface area contributed by atoms with E-state index in [1.54, 1.807) is 14.2 Å². The topological polar surface area (TPSA) is 30.5 Å². The van der Waals surface area contributed by atoms with Crippen molar-refractivity contribution in [3.05, 3.63) is 17.7 Å². The van der Waals surface area contributed by atoms with Crippen LogP contribution in [-0.2, 0) is 6.42 Å². The number of nitrogens with one attached hydrogen (secondary N) is 1. The van der Waals surface area contributed by atoms with Gasteiger partial charge < -0.3 is 14.8 Å². The molecule has 3 nitrogen and oxygen atoms in total. The Balaban J connectivity index is 2.03. The van der Waals surface area contributed by atoms with Crippen LogP contribution in [0.15, 0.2) is 17.0 Å². The normalized spacial score (nSPS) is 13.8. The summed E-state index contributed by atoms with van der Waals surface area (Å²) in [6, 6.07) is 3.98. The minimum Gasteiger partial charge on any atom is -0.496 e. The first kappa shape index (κ1) is 15.1. The number of hydrogen-bond acceptors (Lipinski definition) is 4. The molecule has 1 saturated carbocycles. The van der Waals surface area contributed by atoms with Crippen molar-refractivity contribution in [2.45, 2.75) is 24.2 Å². The maximum absolute atomic E-state index is 5.46. The van der Waals surface area contributed by atoms with Gasteiger partial charge in [-0.3, -0.25) is 0 Å². The van der Waals surface area contributed by atoms with Gasteiger partial charge >= 0.3 is 0 Å². The van der Waals surface area contributed by atoms with Crippen LogP contribution in [0.1, 0.15) is 18.4 Å². The Bertz CT molecular complexity index is 492. The highest BCUT2D eigenvalue weighted by atomic mass is 32.2. The summed E-state index contributed by atoms with van der Waals surface area (Å²) >= 11 is 1.31. The van der Waals surface area contributed by atoms with Gasteiger partial charge in [0.25, 0.3) is 0 Å². The Morgan fingerprint density at radius 1 is 1.30 bits per heavy atom. The van der Waals surface area contributed by atoms with E-state index in [0.29, 0.717) is 0 Å². The van der Waals surface area contributed by atoms with Crippen molar-refractivity contribution in [2.75, 3.05) is 27.3 Å². The lowest BCUT2D eigenvalue weighted by atomic mass is 10.1. The molecule has 0 radical (unpaired) electrons. The van der Waals surface area contributed by atoms with Crippen molar-refractivity contribution < 1.29 is 9.47 Å². The third-order valence-corrected chi connectivity index (χ3v) is 4.09. The van der Waals surface area contributed by atoms with Crippen LogP contribution in [0.3, 0.4) is 0 Å². The van der Waals surface area contributed by atoms with E-state index in [0.717, 1.165) is 47.4 Å². The van der Waals surface area contributed by atoms with E-state index >= 15 is 0 Å². The van der Waals surface area contributed by atoms with E-state index in [-0.39, 0.29) is 0 Å². The Morgan fingerprint density at radius 2 is 2.05 bits per heavy atom. The van der Waals surface area contributed by atoms with Gasteiger partial charge in [0.2, 0.25) is 0 Å². The molecule has 1 aromatic carbocycles. The van der Waals surface area contributed by atoms with Crippen LogP contribution in [0.5, 0.6) is 11.5 Å². The molecule has 0 atom stereocenters. The molecule has 0 spiro atoms. The molecule has 1 aliphatic rings. The second-order valence-corrected chi connectivity index (χ2v) is 5.81. The monoisotopic (exact) mass is 291 g/mol. The smallest absolute Gasteiger partial charge is 0.133 e. The second kappa shape index (κ2) is 7.47. The molecule has 0 unspecified atom stereocenters. The van der Waals surface area contributed by atoms with Crippen LogP contribution in [0, 0.1) is 17.6 Å². The van der Waals surface area contributed by atoms with Crippen molar-refractivity contribution in [1.29, 1.82) is 0 Å². The molecule has 0 aromatic heterocycles. The van der Waals surface area contributed by atoms with Crippen LogP contribution in [0.4, 0.5) is 0 Å². The van der Waals surface area contributed by atoms with Gasteiger partial charge in [0, 0.05) is 0 Å². The molecule has 4 heteroatoms. The molecule has 0 bridgehead atoms. The summed E-state index contributed by atoms with van der Waals surface area (Å²) in [5, 5.41) is 6.06. The van der Waals surface area contributed by atoms with Crippen molar-refractivity contribution in [3.63, 3.8) is 0 Å². The molecular weight excluding hydrogens is 270 g/mol. The van der Waals surface area contributed by atoms with Gasteiger partial charge in [-0.1, -0.05) is 0 Å². The molecule has 0 saturated heterocycles.